The molecule has 0 spiro atoms. The summed E-state index contributed by atoms with van der Waals surface area (Å²) in [5.74, 6) is 0.307. The van der Waals surface area contributed by atoms with Crippen molar-refractivity contribution in [3.8, 4) is 0 Å². The van der Waals surface area contributed by atoms with Crippen molar-refractivity contribution >= 4 is 17.3 Å². The van der Waals surface area contributed by atoms with Gasteiger partial charge in [0.2, 0.25) is 0 Å². The van der Waals surface area contributed by atoms with Gasteiger partial charge in [0.25, 0.3) is 5.69 Å². The Hall–Kier alpha value is -3.64. The summed E-state index contributed by atoms with van der Waals surface area (Å²) in [6, 6.07) is 14.8. The number of Topliss-reactive ketones (excluding diaryl/α,β-unsaturated/α-hetero) is 2. The van der Waals surface area contributed by atoms with Crippen molar-refractivity contribution in [1.82, 2.24) is 4.90 Å². The highest BCUT2D eigenvalue weighted by atomic mass is 16.6. The van der Waals surface area contributed by atoms with Gasteiger partial charge in [-0.25, -0.2) is 0 Å². The van der Waals surface area contributed by atoms with Gasteiger partial charge in [-0.15, -0.1) is 0 Å². The van der Waals surface area contributed by atoms with Gasteiger partial charge in [-0.3, -0.25) is 24.6 Å². The number of rotatable bonds is 13. The van der Waals surface area contributed by atoms with Gasteiger partial charge in [0, 0.05) is 42.6 Å². The Morgan fingerprint density at radius 3 is 1.44 bits per heavy atom. The Balaban J connectivity index is 1.66. The molecule has 3 aromatic rings. The molecule has 6 heteroatoms. The van der Waals surface area contributed by atoms with E-state index in [1.54, 1.807) is 12.1 Å². The molecule has 0 N–H and O–H groups in total. The van der Waals surface area contributed by atoms with Gasteiger partial charge in [0.05, 0.1) is 4.92 Å². The van der Waals surface area contributed by atoms with E-state index in [9.17, 15) is 19.7 Å². The molecule has 206 valence electrons. The molecule has 3 rings (SSSR count). The highest BCUT2D eigenvalue weighted by Gasteiger charge is 2.16. The maximum absolute atomic E-state index is 13.1. The fraction of sp³-hybridized carbons (Fsp3) is 0.394. The molecule has 0 heterocycles. The maximum atomic E-state index is 13.1. The summed E-state index contributed by atoms with van der Waals surface area (Å²) in [7, 11) is 0. The Morgan fingerprint density at radius 2 is 1.08 bits per heavy atom. The smallest absolute Gasteiger partial charge is 0.269 e. The van der Waals surface area contributed by atoms with Crippen LogP contribution in [-0.4, -0.2) is 34.5 Å². The lowest BCUT2D eigenvalue weighted by atomic mass is 9.94. The number of carbonyl (C=O) groups is 2. The van der Waals surface area contributed by atoms with Crippen LogP contribution in [0.25, 0.3) is 0 Å². The second-order valence-electron chi connectivity index (χ2n) is 10.8. The molecule has 0 fully saturated rings. The molecule has 39 heavy (non-hydrogen) atoms. The van der Waals surface area contributed by atoms with E-state index in [1.807, 2.05) is 41.5 Å². The number of hydrogen-bond acceptors (Lipinski definition) is 5. The van der Waals surface area contributed by atoms with E-state index in [-0.39, 0.29) is 17.3 Å². The van der Waals surface area contributed by atoms with Gasteiger partial charge < -0.3 is 0 Å². The summed E-state index contributed by atoms with van der Waals surface area (Å²) < 4.78 is 0. The number of benzene rings is 3. The fourth-order valence-corrected chi connectivity index (χ4v) is 5.67. The zero-order valence-corrected chi connectivity index (χ0v) is 24.1. The molecule has 0 radical (unpaired) electrons. The first-order chi connectivity index (χ1) is 18.5. The quantitative estimate of drug-likeness (QED) is 0.130. The van der Waals surface area contributed by atoms with Crippen LogP contribution in [0, 0.1) is 51.7 Å². The van der Waals surface area contributed by atoms with E-state index in [1.165, 1.54) is 12.1 Å². The summed E-state index contributed by atoms with van der Waals surface area (Å²) in [6.07, 6.45) is 2.29. The lowest BCUT2D eigenvalue weighted by Crippen LogP contribution is -2.27. The predicted molar refractivity (Wildman–Crippen MR) is 157 cm³/mol. The van der Waals surface area contributed by atoms with Crippen LogP contribution in [0.4, 0.5) is 5.69 Å². The third-order valence-corrected chi connectivity index (χ3v) is 7.22. The number of ketones is 2. The highest BCUT2D eigenvalue weighted by Crippen LogP contribution is 2.21. The molecule has 0 saturated heterocycles. The molecule has 0 unspecified atom stereocenters. The van der Waals surface area contributed by atoms with Crippen molar-refractivity contribution in [1.29, 1.82) is 0 Å². The van der Waals surface area contributed by atoms with Gasteiger partial charge in [-0.1, -0.05) is 47.5 Å². The van der Waals surface area contributed by atoms with Gasteiger partial charge in [-0.2, -0.15) is 0 Å². The highest BCUT2D eigenvalue weighted by molar-refractivity contribution is 5.99. The molecule has 0 saturated carbocycles. The van der Waals surface area contributed by atoms with E-state index < -0.39 is 4.92 Å². The largest absolute Gasteiger partial charge is 0.299 e. The molecule has 6 nitrogen and oxygen atoms in total. The number of hydrogen-bond donors (Lipinski definition) is 0. The topological polar surface area (TPSA) is 80.5 Å². The molecule has 0 amide bonds. The molecule has 0 aliphatic carbocycles. The van der Waals surface area contributed by atoms with Crippen molar-refractivity contribution in [2.75, 3.05) is 13.1 Å². The molecule has 0 aliphatic heterocycles. The number of nitrogens with zero attached hydrogens (tertiary/aromatic N) is 2. The first-order valence-electron chi connectivity index (χ1n) is 13.6. The molecule has 0 bridgehead atoms. The summed E-state index contributed by atoms with van der Waals surface area (Å²) in [6.45, 7) is 14.0. The van der Waals surface area contributed by atoms with E-state index in [4.69, 9.17) is 0 Å². The zero-order valence-electron chi connectivity index (χ0n) is 24.1. The molecular weight excluding hydrogens is 488 g/mol. The van der Waals surface area contributed by atoms with Crippen LogP contribution in [0.15, 0.2) is 48.5 Å². The van der Waals surface area contributed by atoms with Gasteiger partial charge in [0.1, 0.15) is 0 Å². The number of carbonyl (C=O) groups excluding carboxylic acids is 2. The fourth-order valence-electron chi connectivity index (χ4n) is 5.67. The average Bonchev–Trinajstić information content (AvgIpc) is 2.83. The van der Waals surface area contributed by atoms with Crippen LogP contribution in [0.2, 0.25) is 0 Å². The lowest BCUT2D eigenvalue weighted by Gasteiger charge is -2.22. The summed E-state index contributed by atoms with van der Waals surface area (Å²) in [5.41, 5.74) is 9.03. The third kappa shape index (κ3) is 8.17. The number of non-ortho nitro benzene ring substituents is 1. The maximum Gasteiger partial charge on any atom is 0.269 e. The monoisotopic (exact) mass is 528 g/mol. The van der Waals surface area contributed by atoms with Gasteiger partial charge >= 0.3 is 0 Å². The van der Waals surface area contributed by atoms with Crippen LogP contribution >= 0.6 is 0 Å². The minimum atomic E-state index is -0.400. The average molecular weight is 529 g/mol. The van der Waals surface area contributed by atoms with Crippen molar-refractivity contribution in [2.24, 2.45) is 0 Å². The van der Waals surface area contributed by atoms with Crippen molar-refractivity contribution in [2.45, 2.75) is 73.8 Å². The molecule has 3 aromatic carbocycles. The van der Waals surface area contributed by atoms with E-state index >= 15 is 0 Å². The van der Waals surface area contributed by atoms with Crippen molar-refractivity contribution in [3.05, 3.63) is 109 Å². The van der Waals surface area contributed by atoms with Crippen LogP contribution < -0.4 is 0 Å². The van der Waals surface area contributed by atoms with Crippen LogP contribution in [0.5, 0.6) is 0 Å². The van der Waals surface area contributed by atoms with Crippen molar-refractivity contribution < 1.29 is 14.5 Å². The first-order valence-corrected chi connectivity index (χ1v) is 13.6. The zero-order chi connectivity index (χ0) is 28.7. The Bertz CT molecular complexity index is 1240. The van der Waals surface area contributed by atoms with Crippen LogP contribution in [0.3, 0.4) is 0 Å². The predicted octanol–water partition coefficient (Wildman–Crippen LogP) is 7.57. The Morgan fingerprint density at radius 1 is 0.692 bits per heavy atom. The van der Waals surface area contributed by atoms with E-state index in [2.05, 4.69) is 29.2 Å². The summed E-state index contributed by atoms with van der Waals surface area (Å²) >= 11 is 0. The Labute approximate surface area is 232 Å². The molecular formula is C33H40N2O4. The normalized spacial score (nSPS) is 11.2. The molecule has 0 atom stereocenters. The summed E-state index contributed by atoms with van der Waals surface area (Å²) in [5, 5.41) is 11.0. The number of nitro groups is 1. The third-order valence-electron chi connectivity index (χ3n) is 7.22. The first kappa shape index (κ1) is 29.9. The minimum absolute atomic E-state index is 0.0640. The van der Waals surface area contributed by atoms with Crippen LogP contribution in [0.1, 0.15) is 85.3 Å². The van der Waals surface area contributed by atoms with Crippen molar-refractivity contribution in [3.63, 3.8) is 0 Å². The number of nitro benzene ring substituents is 1. The van der Waals surface area contributed by atoms with Gasteiger partial charge in [0.15, 0.2) is 11.6 Å². The van der Waals surface area contributed by atoms with Crippen LogP contribution in [-0.2, 0) is 6.54 Å². The molecule has 0 aromatic heterocycles. The van der Waals surface area contributed by atoms with E-state index in [0.29, 0.717) is 45.3 Å². The van der Waals surface area contributed by atoms with Gasteiger partial charge in [-0.05, 0) is 95.3 Å². The Kier molecular flexibility index (Phi) is 10.3. The standard InChI is InChI=1S/C33H40N2O4/c1-22-17-24(3)32(25(4)18-22)30(36)9-7-15-34(21-28-11-13-29(14-12-28)35(38)39)16-8-10-31(37)33-26(5)19-23(2)20-27(33)6/h11-14,17-20H,7-10,15-16,21H2,1-6H3. The summed E-state index contributed by atoms with van der Waals surface area (Å²) in [4.78, 5) is 39.0. The lowest BCUT2D eigenvalue weighted by molar-refractivity contribution is -0.384. The van der Waals surface area contributed by atoms with E-state index in [0.717, 1.165) is 50.1 Å². The SMILES string of the molecule is Cc1cc(C)c(C(=O)CCCN(CCCC(=O)c2c(C)cc(C)cc2C)Cc2ccc([N+](=O)[O-])cc2)c(C)c1. The number of aryl methyl sites for hydroxylation is 6. The molecule has 0 aliphatic rings. The minimum Gasteiger partial charge on any atom is -0.299 e. The second kappa shape index (κ2) is 13.4. The second-order valence-corrected chi connectivity index (χ2v) is 10.8.